The van der Waals surface area contributed by atoms with Crippen LogP contribution in [0.4, 0.5) is 114 Å². The maximum Gasteiger partial charge on any atom is 2.00 e. The van der Waals surface area contributed by atoms with Gasteiger partial charge in [-0.1, -0.05) is 176 Å². The van der Waals surface area contributed by atoms with Gasteiger partial charge in [-0.05, 0) is 111 Å². The van der Waals surface area contributed by atoms with Crippen LogP contribution >= 0.6 is 0 Å². The maximum absolute atomic E-state index is 17.1. The minimum Gasteiger partial charge on any atom is -0.657 e. The van der Waals surface area contributed by atoms with Crippen LogP contribution in [0, 0.1) is 23.7 Å². The first-order valence-electron chi connectivity index (χ1n) is 32.7. The minimum atomic E-state index is -8.28. The van der Waals surface area contributed by atoms with Crippen LogP contribution in [0.3, 0.4) is 0 Å². The third-order valence-corrected chi connectivity index (χ3v) is 18.3. The molecule has 0 unspecified atom stereocenters. The summed E-state index contributed by atoms with van der Waals surface area (Å²) in [6.45, 7) is 0. The summed E-state index contributed by atoms with van der Waals surface area (Å²) in [6.07, 6.45) is -8.75. The molecule has 0 amide bonds. The van der Waals surface area contributed by atoms with Gasteiger partial charge in [-0.15, -0.1) is 44.1 Å². The smallest absolute Gasteiger partial charge is 0.657 e. The summed E-state index contributed by atoms with van der Waals surface area (Å²) in [6, 6.07) is 38.1. The van der Waals surface area contributed by atoms with Crippen molar-refractivity contribution in [1.29, 1.82) is 0 Å². The summed E-state index contributed by atoms with van der Waals surface area (Å²) >= 11 is 0. The number of rotatable bonds is 14. The number of hydrogen-bond donors (Lipinski definition) is 0. The van der Waals surface area contributed by atoms with Gasteiger partial charge in [0.1, 0.15) is 0 Å². The van der Waals surface area contributed by atoms with Crippen molar-refractivity contribution in [2.24, 2.45) is 0 Å². The molecule has 4 aliphatic heterocycles. The molecule has 0 radical (unpaired) electrons. The van der Waals surface area contributed by atoms with E-state index in [-0.39, 0.29) is 139 Å². The van der Waals surface area contributed by atoms with Gasteiger partial charge in [0, 0.05) is 16.7 Å². The van der Waals surface area contributed by atoms with E-state index in [1.807, 2.05) is 0 Å². The van der Waals surface area contributed by atoms with E-state index >= 15 is 52.7 Å². The molecule has 0 fully saturated rings. The average molecular weight is 1730 g/mol. The van der Waals surface area contributed by atoms with Crippen molar-refractivity contribution in [3.05, 3.63) is 238 Å². The van der Waals surface area contributed by atoms with Crippen LogP contribution in [0.15, 0.2) is 176 Å². The summed E-state index contributed by atoms with van der Waals surface area (Å²) in [7, 11) is 0. The Bertz CT molecular complexity index is 6190. The fourth-order valence-electron chi connectivity index (χ4n) is 12.7. The fourth-order valence-corrected chi connectivity index (χ4v) is 12.7. The Morgan fingerprint density at radius 3 is 1.03 bits per heavy atom. The average Bonchev–Trinajstić information content (AvgIpc) is 1.09. The number of nitrogens with zero attached hydrogens (tertiary/aromatic N) is 8. The summed E-state index contributed by atoms with van der Waals surface area (Å²) in [4.78, 5) is 35.0. The van der Waals surface area contributed by atoms with Crippen LogP contribution < -0.4 is 19.9 Å². The van der Waals surface area contributed by atoms with Crippen molar-refractivity contribution in [2.45, 2.75) is 71.6 Å². The molecule has 0 aliphatic carbocycles. The molecule has 16 bridgehead atoms. The van der Waals surface area contributed by atoms with Crippen molar-refractivity contribution >= 4 is 92.2 Å². The predicted octanol–water partition coefficient (Wildman–Crippen LogP) is 22.6. The summed E-state index contributed by atoms with van der Waals surface area (Å²) < 4.78 is 393. The fraction of sp³-hybridized carbons (Fsp3) is 0.150. The van der Waals surface area contributed by atoms with E-state index < -0.39 is 128 Å². The minimum absolute atomic E-state index is 0. The van der Waals surface area contributed by atoms with E-state index in [1.54, 1.807) is 0 Å². The van der Waals surface area contributed by atoms with E-state index in [0.29, 0.717) is 24.3 Å². The number of allylic oxidation sites excluding steroid dienone is 1. The van der Waals surface area contributed by atoms with Crippen molar-refractivity contribution in [3.8, 4) is 68.2 Å². The molecule has 0 atom stereocenters. The van der Waals surface area contributed by atoms with Crippen LogP contribution in [-0.4, -0.2) is 79.7 Å². The van der Waals surface area contributed by atoms with E-state index in [4.69, 9.17) is 9.97 Å². The zero-order valence-corrected chi connectivity index (χ0v) is 63.5. The van der Waals surface area contributed by atoms with Gasteiger partial charge in [-0.2, -0.15) is 114 Å². The molecule has 10 heterocycles. The molecule has 36 heteroatoms. The van der Waals surface area contributed by atoms with Crippen LogP contribution in [0.5, 0.6) is 0 Å². The van der Waals surface area contributed by atoms with E-state index in [9.17, 15) is 61.5 Å². The second-order valence-corrected chi connectivity index (χ2v) is 25.5. The quantitative estimate of drug-likeness (QED) is 0.0602. The third kappa shape index (κ3) is 13.6. The second kappa shape index (κ2) is 29.4. The summed E-state index contributed by atoms with van der Waals surface area (Å²) in [5.41, 5.74) is -14.1. The van der Waals surface area contributed by atoms with Gasteiger partial charge in [0.05, 0.1) is 51.1 Å². The number of alkyl halides is 26. The van der Waals surface area contributed by atoms with Gasteiger partial charge in [-0.25, -0.2) is 19.9 Å². The van der Waals surface area contributed by atoms with Crippen LogP contribution in [0.1, 0.15) is 62.2 Å². The van der Waals surface area contributed by atoms with Gasteiger partial charge >= 0.3 is 111 Å². The molecule has 10 aromatic rings. The summed E-state index contributed by atoms with van der Waals surface area (Å²) in [5, 5.41) is 0. The Hall–Kier alpha value is -11.4. The first kappa shape index (κ1) is 84.0. The molecular formula is C80H36F26N8Zn2. The van der Waals surface area contributed by atoms with Crippen molar-refractivity contribution in [3.63, 3.8) is 0 Å². The van der Waals surface area contributed by atoms with Crippen molar-refractivity contribution in [2.75, 3.05) is 0 Å². The molecule has 4 aliphatic rings. The van der Waals surface area contributed by atoms with Crippen molar-refractivity contribution in [1.82, 2.24) is 39.9 Å². The number of aromatic nitrogens is 8. The number of halogens is 26. The molecule has 6 aromatic heterocycles. The predicted molar refractivity (Wildman–Crippen MR) is 368 cm³/mol. The van der Waals surface area contributed by atoms with Gasteiger partial charge in [-0.3, -0.25) is 0 Å². The molecule has 116 heavy (non-hydrogen) atoms. The molecule has 4 aromatic carbocycles. The molecule has 8 nitrogen and oxygen atoms in total. The van der Waals surface area contributed by atoms with E-state index in [0.717, 1.165) is 24.3 Å². The van der Waals surface area contributed by atoms with Gasteiger partial charge < -0.3 is 19.9 Å². The topological polar surface area (TPSA) is 108 Å². The number of fused-ring (bicyclic) bond motifs is 16. The monoisotopic (exact) mass is 1730 g/mol. The van der Waals surface area contributed by atoms with Crippen LogP contribution in [-0.2, 0) is 50.8 Å². The number of benzene rings is 4. The van der Waals surface area contributed by atoms with E-state index in [1.165, 1.54) is 170 Å². The second-order valence-electron chi connectivity index (χ2n) is 25.5. The standard InChI is InChI=1S/C80H36F26N8.2Zn/c81-69(82,71(85,86)73(89,90)75(93,94)77(97,98)79(101,102)103)67-55-33-29-51(109-55)63(41-15-5-1-6-16-41)49-27-25-47(107-49)39-59-45(37-61(113-59)65(43-19-9-3-10-20-43)53-31-35-57(67)111-53)23-13-14-24-46-38-62-66(44-21-11-4-12-22-44)54-32-36-58(112-54)68(70(83,84)72(87,88)74(91,92)76(95,96)78(99,100)80(104,105)106)56-34-30-52(110-56)64(42-17-7-2-8-18-42)50-28-26-48(108-50)40-60(46)114-62;;/h1-12,15-22,25-40H;;/q-4;2*+2. The Labute approximate surface area is 659 Å². The molecule has 0 saturated carbocycles. The largest absolute Gasteiger partial charge is 2.00 e. The van der Waals surface area contributed by atoms with Gasteiger partial charge in [0.15, 0.2) is 0 Å². The maximum atomic E-state index is 17.1. The van der Waals surface area contributed by atoms with Gasteiger partial charge in [0.2, 0.25) is 0 Å². The normalized spacial score (nSPS) is 13.8. The Kier molecular flexibility index (Phi) is 21.3. The number of hydrogen-bond acceptors (Lipinski definition) is 4. The van der Waals surface area contributed by atoms with Crippen LogP contribution in [0.25, 0.3) is 137 Å². The zero-order valence-electron chi connectivity index (χ0n) is 57.6. The Morgan fingerprint density at radius 1 is 0.267 bits per heavy atom. The summed E-state index contributed by atoms with van der Waals surface area (Å²) in [5.74, 6) is -67.8. The van der Waals surface area contributed by atoms with E-state index in [2.05, 4.69) is 53.6 Å². The molecule has 0 spiro atoms. The van der Waals surface area contributed by atoms with Crippen molar-refractivity contribution < 1.29 is 153 Å². The molecule has 0 N–H and O–H groups in total. The van der Waals surface area contributed by atoms with Gasteiger partial charge in [0.25, 0.3) is 0 Å². The molecule has 0 saturated heterocycles. The molecular weight excluding hydrogens is 1700 g/mol. The Balaban J connectivity index is 0.00000620. The third-order valence-electron chi connectivity index (χ3n) is 18.3. The first-order valence-corrected chi connectivity index (χ1v) is 32.7. The Morgan fingerprint density at radius 2 is 0.603 bits per heavy atom. The SMILES string of the molecule is FC(F)(F)C(F)(F)C(F)(F)C(F)(F)C(F)(F)C(F)(F)c1c2nc(c(-c3ccccc3)c3ccc(cc4nc(c(-c5ccccc5)c5ccc1[n-]5)C=C4C#CC#Cc1cc4[n-]c1cc1nc(c(-c5ccccc5)c5ccc([n-]5)c(C(F)(F)C(F)(F)C(F)(F)C(F)(F)C(F)(F)C(F)(F)F)c5nc(c4-c4ccccc4)C=C5)C=C1)[n-]3)C=C2.[Zn+2].[Zn+2]. The molecule has 14 rings (SSSR count). The molecule has 582 valence electrons. The van der Waals surface area contributed by atoms with Crippen LogP contribution in [0.2, 0.25) is 0 Å². The first-order chi connectivity index (χ1) is 53.4. The zero-order chi connectivity index (χ0) is 82.1.